The summed E-state index contributed by atoms with van der Waals surface area (Å²) in [5.41, 5.74) is 3.34. The molecule has 0 N–H and O–H groups in total. The second-order valence-electron chi connectivity index (χ2n) is 6.65. The Kier molecular flexibility index (Phi) is 5.23. The zero-order chi connectivity index (χ0) is 18.0. The SMILES string of the molecule is CCc1ccc(N2CC(C(=O)N(C)Cc3sccc3C)CC2=O)cc1. The Morgan fingerprint density at radius 2 is 2.00 bits per heavy atom. The second kappa shape index (κ2) is 7.40. The largest absolute Gasteiger partial charge is 0.340 e. The molecule has 2 heterocycles. The van der Waals surface area contributed by atoms with E-state index >= 15 is 0 Å². The Morgan fingerprint density at radius 3 is 2.60 bits per heavy atom. The molecule has 1 unspecified atom stereocenters. The van der Waals surface area contributed by atoms with Crippen LogP contribution < -0.4 is 4.90 Å². The molecule has 2 amide bonds. The molecule has 0 radical (unpaired) electrons. The van der Waals surface area contributed by atoms with Gasteiger partial charge in [-0.15, -0.1) is 11.3 Å². The molecule has 1 atom stereocenters. The third kappa shape index (κ3) is 3.76. The van der Waals surface area contributed by atoms with E-state index in [1.165, 1.54) is 16.0 Å². The standard InChI is InChI=1S/C20H24N2O2S/c1-4-15-5-7-17(8-6-15)22-12-16(11-19(22)23)20(24)21(3)13-18-14(2)9-10-25-18/h5-10,16H,4,11-13H2,1-3H3. The minimum atomic E-state index is -0.261. The van der Waals surface area contributed by atoms with E-state index in [0.29, 0.717) is 19.5 Å². The highest BCUT2D eigenvalue weighted by Gasteiger charge is 2.36. The number of carbonyl (C=O) groups excluding carboxylic acids is 2. The smallest absolute Gasteiger partial charge is 0.228 e. The van der Waals surface area contributed by atoms with Gasteiger partial charge in [0.1, 0.15) is 0 Å². The lowest BCUT2D eigenvalue weighted by atomic mass is 10.1. The first-order chi connectivity index (χ1) is 12.0. The lowest BCUT2D eigenvalue weighted by molar-refractivity contribution is -0.135. The molecule has 1 aliphatic rings. The number of aryl methyl sites for hydroxylation is 2. The highest BCUT2D eigenvalue weighted by atomic mass is 32.1. The lowest BCUT2D eigenvalue weighted by Gasteiger charge is -2.21. The van der Waals surface area contributed by atoms with Crippen molar-refractivity contribution in [2.75, 3.05) is 18.5 Å². The molecule has 25 heavy (non-hydrogen) atoms. The highest BCUT2D eigenvalue weighted by Crippen LogP contribution is 2.27. The Hall–Kier alpha value is -2.14. The van der Waals surface area contributed by atoms with E-state index in [1.54, 1.807) is 21.1 Å². The summed E-state index contributed by atoms with van der Waals surface area (Å²) in [5.74, 6) is -0.180. The first kappa shape index (κ1) is 17.7. The number of thiophene rings is 1. The average molecular weight is 356 g/mol. The zero-order valence-electron chi connectivity index (χ0n) is 15.0. The molecule has 0 saturated carbocycles. The van der Waals surface area contributed by atoms with Crippen LogP contribution in [0.5, 0.6) is 0 Å². The molecule has 5 heteroatoms. The van der Waals surface area contributed by atoms with Crippen LogP contribution in [0.15, 0.2) is 35.7 Å². The first-order valence-corrected chi connectivity index (χ1v) is 9.54. The van der Waals surface area contributed by atoms with Crippen LogP contribution in [-0.2, 0) is 22.6 Å². The molecule has 1 aromatic carbocycles. The highest BCUT2D eigenvalue weighted by molar-refractivity contribution is 7.10. The van der Waals surface area contributed by atoms with E-state index in [1.807, 2.05) is 36.7 Å². The number of hydrogen-bond acceptors (Lipinski definition) is 3. The van der Waals surface area contributed by atoms with Gasteiger partial charge in [0, 0.05) is 30.6 Å². The molecule has 1 saturated heterocycles. The molecule has 132 valence electrons. The van der Waals surface area contributed by atoms with Gasteiger partial charge in [0.05, 0.1) is 12.5 Å². The minimum Gasteiger partial charge on any atom is -0.340 e. The predicted molar refractivity (Wildman–Crippen MR) is 102 cm³/mol. The van der Waals surface area contributed by atoms with Gasteiger partial charge in [0.15, 0.2) is 0 Å². The zero-order valence-corrected chi connectivity index (χ0v) is 15.8. The molecular weight excluding hydrogens is 332 g/mol. The van der Waals surface area contributed by atoms with E-state index in [-0.39, 0.29) is 17.7 Å². The normalized spacial score (nSPS) is 17.2. The van der Waals surface area contributed by atoms with Crippen LogP contribution in [0.3, 0.4) is 0 Å². The Morgan fingerprint density at radius 1 is 1.28 bits per heavy atom. The van der Waals surface area contributed by atoms with Gasteiger partial charge in [-0.1, -0.05) is 19.1 Å². The minimum absolute atomic E-state index is 0.0308. The maximum absolute atomic E-state index is 12.8. The first-order valence-electron chi connectivity index (χ1n) is 8.66. The number of hydrogen-bond donors (Lipinski definition) is 0. The molecule has 0 bridgehead atoms. The molecule has 0 spiro atoms. The van der Waals surface area contributed by atoms with Gasteiger partial charge in [0.25, 0.3) is 0 Å². The van der Waals surface area contributed by atoms with Gasteiger partial charge in [-0.3, -0.25) is 9.59 Å². The van der Waals surface area contributed by atoms with Crippen LogP contribution in [0.1, 0.15) is 29.3 Å². The van der Waals surface area contributed by atoms with Crippen LogP contribution in [0, 0.1) is 12.8 Å². The summed E-state index contributed by atoms with van der Waals surface area (Å²) >= 11 is 1.67. The van der Waals surface area contributed by atoms with Crippen LogP contribution in [0.4, 0.5) is 5.69 Å². The molecular formula is C20H24N2O2S. The fraction of sp³-hybridized carbons (Fsp3) is 0.400. The number of carbonyl (C=O) groups is 2. The van der Waals surface area contributed by atoms with Crippen molar-refractivity contribution < 1.29 is 9.59 Å². The lowest BCUT2D eigenvalue weighted by Crippen LogP contribution is -2.34. The van der Waals surface area contributed by atoms with Gasteiger partial charge >= 0.3 is 0 Å². The Labute approximate surface area is 153 Å². The van der Waals surface area contributed by atoms with Crippen molar-refractivity contribution in [2.45, 2.75) is 33.2 Å². The summed E-state index contributed by atoms with van der Waals surface area (Å²) < 4.78 is 0. The van der Waals surface area contributed by atoms with Crippen LogP contribution in [-0.4, -0.2) is 30.3 Å². The molecule has 4 nitrogen and oxygen atoms in total. The number of nitrogens with zero attached hydrogens (tertiary/aromatic N) is 2. The molecule has 2 aromatic rings. The van der Waals surface area contributed by atoms with E-state index in [4.69, 9.17) is 0 Å². The Bertz CT molecular complexity index is 766. The summed E-state index contributed by atoms with van der Waals surface area (Å²) in [5, 5.41) is 2.05. The van der Waals surface area contributed by atoms with E-state index in [0.717, 1.165) is 12.1 Å². The third-order valence-electron chi connectivity index (χ3n) is 4.86. The van der Waals surface area contributed by atoms with Crippen molar-refractivity contribution in [1.29, 1.82) is 0 Å². The summed E-state index contributed by atoms with van der Waals surface area (Å²) in [6.07, 6.45) is 1.27. The van der Waals surface area contributed by atoms with Crippen LogP contribution in [0.25, 0.3) is 0 Å². The van der Waals surface area contributed by atoms with Crippen LogP contribution in [0.2, 0.25) is 0 Å². The van der Waals surface area contributed by atoms with E-state index < -0.39 is 0 Å². The van der Waals surface area contributed by atoms with E-state index in [9.17, 15) is 9.59 Å². The van der Waals surface area contributed by atoms with Crippen molar-refractivity contribution in [3.8, 4) is 0 Å². The summed E-state index contributed by atoms with van der Waals surface area (Å²) in [6, 6.07) is 10.1. The van der Waals surface area contributed by atoms with Gasteiger partial charge in [-0.05, 0) is 48.1 Å². The molecule has 1 fully saturated rings. The van der Waals surface area contributed by atoms with Crippen molar-refractivity contribution in [2.24, 2.45) is 5.92 Å². The van der Waals surface area contributed by atoms with Gasteiger partial charge in [-0.25, -0.2) is 0 Å². The summed E-state index contributed by atoms with van der Waals surface area (Å²) in [4.78, 5) is 29.8. The van der Waals surface area contributed by atoms with Crippen molar-refractivity contribution in [1.82, 2.24) is 4.90 Å². The summed E-state index contributed by atoms with van der Waals surface area (Å²) in [6.45, 7) is 5.25. The number of amides is 2. The molecule has 1 aromatic heterocycles. The maximum atomic E-state index is 12.8. The third-order valence-corrected chi connectivity index (χ3v) is 5.86. The number of anilines is 1. The van der Waals surface area contributed by atoms with Gasteiger partial charge in [-0.2, -0.15) is 0 Å². The fourth-order valence-electron chi connectivity index (χ4n) is 3.21. The van der Waals surface area contributed by atoms with Gasteiger partial charge in [0.2, 0.25) is 11.8 Å². The maximum Gasteiger partial charge on any atom is 0.228 e. The predicted octanol–water partition coefficient (Wildman–Crippen LogP) is 3.63. The van der Waals surface area contributed by atoms with Crippen LogP contribution >= 0.6 is 11.3 Å². The number of benzene rings is 1. The van der Waals surface area contributed by atoms with E-state index in [2.05, 4.69) is 19.9 Å². The quantitative estimate of drug-likeness (QED) is 0.821. The number of rotatable bonds is 5. The molecule has 3 rings (SSSR count). The second-order valence-corrected chi connectivity index (χ2v) is 7.65. The summed E-state index contributed by atoms with van der Waals surface area (Å²) in [7, 11) is 1.82. The molecule has 1 aliphatic heterocycles. The molecule has 0 aliphatic carbocycles. The monoisotopic (exact) mass is 356 g/mol. The van der Waals surface area contributed by atoms with Gasteiger partial charge < -0.3 is 9.80 Å². The van der Waals surface area contributed by atoms with Crippen molar-refractivity contribution >= 4 is 28.8 Å². The topological polar surface area (TPSA) is 40.6 Å². The van der Waals surface area contributed by atoms with Crippen molar-refractivity contribution in [3.63, 3.8) is 0 Å². The average Bonchev–Trinajstić information content (AvgIpc) is 3.20. The fourth-order valence-corrected chi connectivity index (χ4v) is 4.16. The Balaban J connectivity index is 1.66. The van der Waals surface area contributed by atoms with Crippen molar-refractivity contribution in [3.05, 3.63) is 51.7 Å².